The van der Waals surface area contributed by atoms with Gasteiger partial charge in [0.15, 0.2) is 5.96 Å². The Morgan fingerprint density at radius 3 is 2.37 bits per heavy atom. The number of rotatable bonds is 8. The Balaban J connectivity index is 0.00000320. The predicted molar refractivity (Wildman–Crippen MR) is 131 cm³/mol. The van der Waals surface area contributed by atoms with Gasteiger partial charge in [-0.1, -0.05) is 26.0 Å². The molecule has 2 N–H and O–H groups in total. The lowest BCUT2D eigenvalue weighted by molar-refractivity contribution is 0.0652. The van der Waals surface area contributed by atoms with E-state index in [4.69, 9.17) is 0 Å². The molecule has 0 bridgehead atoms. The average Bonchev–Trinajstić information content (AvgIpc) is 3.29. The molecule has 0 unspecified atom stereocenters. The van der Waals surface area contributed by atoms with Crippen LogP contribution in [0.1, 0.15) is 64.0 Å². The molecule has 0 fully saturated rings. The van der Waals surface area contributed by atoms with Crippen molar-refractivity contribution in [1.82, 2.24) is 20.5 Å². The molecule has 162 valence electrons. The van der Waals surface area contributed by atoms with E-state index >= 15 is 0 Å². The Kier molecular flexibility index (Phi) is 9.22. The Bertz CT molecular complexity index is 877. The van der Waals surface area contributed by atoms with Crippen LogP contribution < -0.4 is 10.6 Å². The lowest BCUT2D eigenvalue weighted by atomic mass is 10.1. The normalized spacial score (nSPS) is 13.5. The maximum Gasteiger partial charge on any atom is 0.261 e. The molecule has 7 nitrogen and oxygen atoms in total. The predicted octanol–water partition coefficient (Wildman–Crippen LogP) is 3.63. The minimum absolute atomic E-state index is 0. The van der Waals surface area contributed by atoms with Gasteiger partial charge in [-0.15, -0.1) is 35.3 Å². The maximum atomic E-state index is 12.3. The van der Waals surface area contributed by atoms with Crippen molar-refractivity contribution in [3.63, 3.8) is 0 Å². The summed E-state index contributed by atoms with van der Waals surface area (Å²) in [6, 6.07) is 6.98. The van der Waals surface area contributed by atoms with Gasteiger partial charge in [0.2, 0.25) is 0 Å². The van der Waals surface area contributed by atoms with Crippen LogP contribution in [-0.2, 0) is 6.54 Å². The smallest absolute Gasteiger partial charge is 0.261 e. The Hall–Kier alpha value is -2.01. The second kappa shape index (κ2) is 11.4. The summed E-state index contributed by atoms with van der Waals surface area (Å²) in [6.45, 7) is 6.03. The van der Waals surface area contributed by atoms with E-state index in [-0.39, 0.29) is 35.8 Å². The van der Waals surface area contributed by atoms with Crippen molar-refractivity contribution in [3.05, 3.63) is 51.5 Å². The van der Waals surface area contributed by atoms with Crippen LogP contribution in [0.25, 0.3) is 0 Å². The van der Waals surface area contributed by atoms with Gasteiger partial charge in [0.05, 0.1) is 23.4 Å². The third-order valence-electron chi connectivity index (χ3n) is 4.77. The van der Waals surface area contributed by atoms with Crippen molar-refractivity contribution in [3.8, 4) is 0 Å². The Morgan fingerprint density at radius 2 is 1.80 bits per heavy atom. The number of aliphatic imine (C=N–C) groups is 1. The first kappa shape index (κ1) is 24.3. The molecule has 0 aliphatic carbocycles. The molecule has 1 aromatic carbocycles. The van der Waals surface area contributed by atoms with Crippen LogP contribution in [0.15, 0.2) is 34.6 Å². The minimum Gasteiger partial charge on any atom is -0.356 e. The highest BCUT2D eigenvalue weighted by atomic mass is 127. The van der Waals surface area contributed by atoms with Gasteiger partial charge in [-0.2, -0.15) is 0 Å². The van der Waals surface area contributed by atoms with Gasteiger partial charge in [0, 0.05) is 25.5 Å². The molecule has 2 heterocycles. The number of amides is 2. The van der Waals surface area contributed by atoms with Gasteiger partial charge >= 0.3 is 0 Å². The number of nitrogens with zero attached hydrogens (tertiary/aromatic N) is 3. The molecule has 2 amide bonds. The quantitative estimate of drug-likeness (QED) is 0.175. The number of fused-ring (bicyclic) bond motifs is 1. The number of thiazole rings is 1. The van der Waals surface area contributed by atoms with Crippen molar-refractivity contribution in [2.24, 2.45) is 4.99 Å². The number of nitrogens with one attached hydrogen (secondary N) is 2. The Labute approximate surface area is 198 Å². The molecule has 1 aromatic heterocycles. The average molecular weight is 541 g/mol. The monoisotopic (exact) mass is 541 g/mol. The van der Waals surface area contributed by atoms with Crippen molar-refractivity contribution in [2.45, 2.75) is 39.2 Å². The highest BCUT2D eigenvalue weighted by molar-refractivity contribution is 14.0. The first-order valence-corrected chi connectivity index (χ1v) is 10.7. The number of imide groups is 1. The van der Waals surface area contributed by atoms with Gasteiger partial charge in [0.1, 0.15) is 5.01 Å². The number of hydrogen-bond donors (Lipinski definition) is 2. The molecule has 2 aromatic rings. The lowest BCUT2D eigenvalue weighted by Crippen LogP contribution is -2.37. The second-order valence-electron chi connectivity index (χ2n) is 7.19. The van der Waals surface area contributed by atoms with E-state index in [9.17, 15) is 9.59 Å². The van der Waals surface area contributed by atoms with Crippen LogP contribution in [0.2, 0.25) is 0 Å². The fraction of sp³-hybridized carbons (Fsp3) is 0.429. The molecule has 0 saturated heterocycles. The molecule has 1 aliphatic rings. The molecule has 9 heteroatoms. The fourth-order valence-corrected chi connectivity index (χ4v) is 3.99. The van der Waals surface area contributed by atoms with Crippen LogP contribution in [0.5, 0.6) is 0 Å². The summed E-state index contributed by atoms with van der Waals surface area (Å²) in [4.78, 5) is 34.9. The van der Waals surface area contributed by atoms with Gasteiger partial charge in [-0.3, -0.25) is 19.5 Å². The number of carbonyl (C=O) groups excluding carboxylic acids is 2. The number of unbranched alkanes of at least 4 members (excludes halogenated alkanes) is 1. The molecule has 0 atom stereocenters. The zero-order valence-corrected chi connectivity index (χ0v) is 20.6. The van der Waals surface area contributed by atoms with Crippen LogP contribution in [0.4, 0.5) is 0 Å². The second-order valence-corrected chi connectivity index (χ2v) is 8.13. The summed E-state index contributed by atoms with van der Waals surface area (Å²) in [5.74, 6) is 0.757. The number of carbonyl (C=O) groups is 2. The molecule has 0 saturated carbocycles. The standard InChI is InChI=1S/C21H27N5O2S.HI/c1-14(2)17-13-29-18(25-17)12-24-21(22-3)23-10-6-7-11-26-19(27)15-8-4-5-9-16(15)20(26)28;/h4-5,8-9,13-14H,6-7,10-12H2,1-3H3,(H2,22,23,24);1H. The van der Waals surface area contributed by atoms with E-state index in [0.29, 0.717) is 42.6 Å². The molecular formula is C21H28IN5O2S. The number of halogens is 1. The van der Waals surface area contributed by atoms with Crippen molar-refractivity contribution < 1.29 is 9.59 Å². The molecule has 30 heavy (non-hydrogen) atoms. The molecule has 1 aliphatic heterocycles. The largest absolute Gasteiger partial charge is 0.356 e. The number of aromatic nitrogens is 1. The van der Waals surface area contributed by atoms with Crippen LogP contribution >= 0.6 is 35.3 Å². The fourth-order valence-electron chi connectivity index (χ4n) is 3.10. The third kappa shape index (κ3) is 5.78. The zero-order chi connectivity index (χ0) is 20.8. The SMILES string of the molecule is CN=C(NCCCCN1C(=O)c2ccccc2C1=O)NCc1nc(C(C)C)cs1.I. The summed E-state index contributed by atoms with van der Waals surface area (Å²) in [5, 5.41) is 9.65. The van der Waals surface area contributed by atoms with E-state index in [0.717, 1.165) is 23.5 Å². The zero-order valence-electron chi connectivity index (χ0n) is 17.5. The van der Waals surface area contributed by atoms with Crippen LogP contribution in [0.3, 0.4) is 0 Å². The van der Waals surface area contributed by atoms with Crippen molar-refractivity contribution in [2.75, 3.05) is 20.1 Å². The van der Waals surface area contributed by atoms with E-state index in [2.05, 4.69) is 39.8 Å². The highest BCUT2D eigenvalue weighted by Gasteiger charge is 2.34. The summed E-state index contributed by atoms with van der Waals surface area (Å²) in [7, 11) is 1.73. The highest BCUT2D eigenvalue weighted by Crippen LogP contribution is 2.22. The summed E-state index contributed by atoms with van der Waals surface area (Å²) in [6.07, 6.45) is 1.56. The molecular weight excluding hydrogens is 513 g/mol. The number of benzene rings is 1. The van der Waals surface area contributed by atoms with Gasteiger partial charge in [-0.05, 0) is 30.9 Å². The van der Waals surface area contributed by atoms with E-state index < -0.39 is 0 Å². The van der Waals surface area contributed by atoms with Crippen molar-refractivity contribution in [1.29, 1.82) is 0 Å². The molecule has 0 radical (unpaired) electrons. The maximum absolute atomic E-state index is 12.3. The topological polar surface area (TPSA) is 86.7 Å². The van der Waals surface area contributed by atoms with Gasteiger partial charge < -0.3 is 10.6 Å². The lowest BCUT2D eigenvalue weighted by Gasteiger charge is -2.14. The Morgan fingerprint density at radius 1 is 1.13 bits per heavy atom. The minimum atomic E-state index is -0.194. The third-order valence-corrected chi connectivity index (χ3v) is 5.64. The van der Waals surface area contributed by atoms with E-state index in [1.165, 1.54) is 4.90 Å². The molecule has 0 spiro atoms. The number of hydrogen-bond acceptors (Lipinski definition) is 5. The van der Waals surface area contributed by atoms with E-state index in [1.54, 1.807) is 42.6 Å². The number of guanidine groups is 1. The molecule has 3 rings (SSSR count). The van der Waals surface area contributed by atoms with E-state index in [1.807, 2.05) is 0 Å². The first-order valence-electron chi connectivity index (χ1n) is 9.85. The summed E-state index contributed by atoms with van der Waals surface area (Å²) >= 11 is 1.65. The van der Waals surface area contributed by atoms with Gasteiger partial charge in [0.25, 0.3) is 11.8 Å². The van der Waals surface area contributed by atoms with Gasteiger partial charge in [-0.25, -0.2) is 4.98 Å². The summed E-state index contributed by atoms with van der Waals surface area (Å²) < 4.78 is 0. The van der Waals surface area contributed by atoms with Crippen LogP contribution in [-0.4, -0.2) is 47.8 Å². The summed E-state index contributed by atoms with van der Waals surface area (Å²) in [5.41, 5.74) is 2.12. The van der Waals surface area contributed by atoms with Crippen LogP contribution in [0, 0.1) is 0 Å². The first-order chi connectivity index (χ1) is 14.0. The van der Waals surface area contributed by atoms with Crippen molar-refractivity contribution >= 4 is 53.1 Å².